The second-order valence-corrected chi connectivity index (χ2v) is 5.67. The summed E-state index contributed by atoms with van der Waals surface area (Å²) < 4.78 is 0. The molecule has 0 heterocycles. The first-order valence-electron chi connectivity index (χ1n) is 6.80. The second-order valence-electron chi connectivity index (χ2n) is 5.67. The molecule has 0 aromatic heterocycles. The maximum absolute atomic E-state index is 12.0. The molecule has 0 aliphatic heterocycles. The third-order valence-corrected chi connectivity index (χ3v) is 4.17. The van der Waals surface area contributed by atoms with Gasteiger partial charge in [-0.2, -0.15) is 0 Å². The van der Waals surface area contributed by atoms with Crippen LogP contribution < -0.4 is 5.73 Å². The molecular formula is C17H18N2OY-2. The summed E-state index contributed by atoms with van der Waals surface area (Å²) in [6.45, 7) is 4.66. The average Bonchev–Trinajstić information content (AvgIpc) is 2.79. The molecule has 1 amide bonds. The predicted molar refractivity (Wildman–Crippen MR) is 81.3 cm³/mol. The van der Waals surface area contributed by atoms with Crippen molar-refractivity contribution in [2.75, 3.05) is 7.05 Å². The van der Waals surface area contributed by atoms with Gasteiger partial charge < -0.3 is 22.8 Å². The van der Waals surface area contributed by atoms with Crippen LogP contribution in [0.3, 0.4) is 0 Å². The number of carbonyl (C=O) groups is 1. The van der Waals surface area contributed by atoms with Crippen LogP contribution in [0.15, 0.2) is 30.3 Å². The molecule has 2 aromatic rings. The molecule has 0 fully saturated rings. The van der Waals surface area contributed by atoms with Crippen molar-refractivity contribution in [3.63, 3.8) is 0 Å². The first kappa shape index (κ1) is 16.6. The van der Waals surface area contributed by atoms with Crippen LogP contribution in [-0.2, 0) is 56.9 Å². The van der Waals surface area contributed by atoms with Gasteiger partial charge in [0.15, 0.2) is 0 Å². The van der Waals surface area contributed by atoms with Gasteiger partial charge in [0.25, 0.3) is 0 Å². The van der Waals surface area contributed by atoms with Crippen LogP contribution in [-0.4, -0.2) is 13.0 Å². The molecule has 1 radical (unpaired) electrons. The summed E-state index contributed by atoms with van der Waals surface area (Å²) in [4.78, 5) is 12.0. The Bertz CT molecular complexity index is 698. The molecule has 1 atom stereocenters. The molecule has 0 spiro atoms. The van der Waals surface area contributed by atoms with E-state index in [2.05, 4.69) is 36.5 Å². The largest absolute Gasteiger partial charge is 0.658 e. The Morgan fingerprint density at radius 1 is 1.24 bits per heavy atom. The van der Waals surface area contributed by atoms with Gasteiger partial charge in [0.1, 0.15) is 0 Å². The summed E-state index contributed by atoms with van der Waals surface area (Å²) in [7, 11) is 1.54. The molecular weight excluding hydrogens is 337 g/mol. The van der Waals surface area contributed by atoms with Crippen LogP contribution in [0, 0.1) is 12.3 Å². The Kier molecular flexibility index (Phi) is 4.87. The number of fused-ring (bicyclic) bond motifs is 2. The molecule has 1 aliphatic carbocycles. The van der Waals surface area contributed by atoms with Crippen LogP contribution >= 0.6 is 0 Å². The maximum atomic E-state index is 12.0. The quantitative estimate of drug-likeness (QED) is 0.843. The Morgan fingerprint density at radius 2 is 1.86 bits per heavy atom. The van der Waals surface area contributed by atoms with Gasteiger partial charge >= 0.3 is 0 Å². The summed E-state index contributed by atoms with van der Waals surface area (Å²) in [5, 5.41) is 6.17. The summed E-state index contributed by atoms with van der Waals surface area (Å²) in [5.41, 5.74) is 8.61. The van der Waals surface area contributed by atoms with Gasteiger partial charge in [-0.05, 0) is 46.4 Å². The third kappa shape index (κ3) is 2.92. The van der Waals surface area contributed by atoms with Gasteiger partial charge in [-0.3, -0.25) is 0 Å². The zero-order valence-electron chi connectivity index (χ0n) is 12.2. The fourth-order valence-corrected chi connectivity index (χ4v) is 3.08. The Hall–Kier alpha value is -0.766. The van der Waals surface area contributed by atoms with Crippen LogP contribution in [0.4, 0.5) is 0 Å². The summed E-state index contributed by atoms with van der Waals surface area (Å²) in [6.07, 6.45) is 1.34. The summed E-state index contributed by atoms with van der Waals surface area (Å²) in [5.74, 6) is -0.111. The SMILES string of the molecule is [CH2-]C1(C(=O)[N-]C)Cc2cc3ccc(CN)cc3cc2C1.[Y]. The number of carbonyl (C=O) groups excluding carboxylic acids is 1. The number of nitrogens with two attached hydrogens (primary N) is 1. The van der Waals surface area contributed by atoms with E-state index in [4.69, 9.17) is 5.73 Å². The van der Waals surface area contributed by atoms with Crippen LogP contribution in [0.2, 0.25) is 0 Å². The molecule has 3 nitrogen and oxygen atoms in total. The van der Waals surface area contributed by atoms with Crippen molar-refractivity contribution in [1.82, 2.24) is 0 Å². The van der Waals surface area contributed by atoms with Gasteiger partial charge in [0.2, 0.25) is 0 Å². The molecule has 0 saturated carbocycles. The van der Waals surface area contributed by atoms with Gasteiger partial charge in [-0.1, -0.05) is 24.3 Å². The van der Waals surface area contributed by atoms with E-state index in [9.17, 15) is 4.79 Å². The van der Waals surface area contributed by atoms with Gasteiger partial charge in [0, 0.05) is 45.2 Å². The molecule has 2 aromatic carbocycles. The molecule has 3 rings (SSSR count). The number of rotatable bonds is 2. The van der Waals surface area contributed by atoms with Crippen molar-refractivity contribution in [1.29, 1.82) is 0 Å². The summed E-state index contributed by atoms with van der Waals surface area (Å²) >= 11 is 0. The van der Waals surface area contributed by atoms with E-state index >= 15 is 0 Å². The van der Waals surface area contributed by atoms with E-state index in [1.165, 1.54) is 21.9 Å². The van der Waals surface area contributed by atoms with E-state index in [-0.39, 0.29) is 38.6 Å². The smallest absolute Gasteiger partial charge is 0.0273 e. The first-order valence-corrected chi connectivity index (χ1v) is 6.80. The van der Waals surface area contributed by atoms with Crippen molar-refractivity contribution >= 4 is 16.7 Å². The van der Waals surface area contributed by atoms with Gasteiger partial charge in [0.05, 0.1) is 0 Å². The Balaban J connectivity index is 0.00000161. The predicted octanol–water partition coefficient (Wildman–Crippen LogP) is 2.75. The Morgan fingerprint density at radius 3 is 2.43 bits per heavy atom. The Labute approximate surface area is 150 Å². The molecule has 4 heteroatoms. The van der Waals surface area contributed by atoms with Crippen molar-refractivity contribution in [3.05, 3.63) is 59.3 Å². The van der Waals surface area contributed by atoms with E-state index in [0.29, 0.717) is 19.4 Å². The van der Waals surface area contributed by atoms with Crippen molar-refractivity contribution in [2.45, 2.75) is 19.4 Å². The van der Waals surface area contributed by atoms with Crippen LogP contribution in [0.25, 0.3) is 16.1 Å². The van der Waals surface area contributed by atoms with Crippen molar-refractivity contribution in [3.8, 4) is 0 Å². The fraction of sp³-hybridized carbons (Fsp3) is 0.294. The molecule has 0 saturated heterocycles. The molecule has 21 heavy (non-hydrogen) atoms. The fourth-order valence-electron chi connectivity index (χ4n) is 3.08. The zero-order chi connectivity index (χ0) is 14.3. The normalized spacial score (nSPS) is 20.0. The molecule has 2 N–H and O–H groups in total. The minimum atomic E-state index is -0.620. The van der Waals surface area contributed by atoms with E-state index in [0.717, 1.165) is 5.56 Å². The maximum Gasteiger partial charge on any atom is 0.0273 e. The number of hydrogen-bond donors (Lipinski definition) is 1. The number of hydrogen-bond acceptors (Lipinski definition) is 2. The average molecular weight is 355 g/mol. The van der Waals surface area contributed by atoms with E-state index in [1.807, 2.05) is 6.07 Å². The first-order chi connectivity index (χ1) is 9.55. The molecule has 1 aliphatic rings. The monoisotopic (exact) mass is 355 g/mol. The van der Waals surface area contributed by atoms with Gasteiger partial charge in [-0.25, -0.2) is 0 Å². The molecule has 0 bridgehead atoms. The number of benzene rings is 2. The van der Waals surface area contributed by atoms with Crippen molar-refractivity contribution in [2.24, 2.45) is 11.1 Å². The minimum absolute atomic E-state index is 0. The number of amides is 1. The molecule has 107 valence electrons. The van der Waals surface area contributed by atoms with Crippen LogP contribution in [0.1, 0.15) is 16.7 Å². The van der Waals surface area contributed by atoms with E-state index in [1.54, 1.807) is 7.05 Å². The van der Waals surface area contributed by atoms with Crippen LogP contribution in [0.5, 0.6) is 0 Å². The zero-order valence-corrected chi connectivity index (χ0v) is 15.1. The summed E-state index contributed by atoms with van der Waals surface area (Å²) in [6, 6.07) is 10.6. The number of nitrogens with zero attached hydrogens (tertiary/aromatic N) is 1. The topological polar surface area (TPSA) is 57.2 Å². The van der Waals surface area contributed by atoms with E-state index < -0.39 is 5.41 Å². The van der Waals surface area contributed by atoms with Gasteiger partial charge in [-0.15, -0.1) is 12.5 Å². The van der Waals surface area contributed by atoms with Crippen molar-refractivity contribution < 1.29 is 37.5 Å². The standard InChI is InChI=1S/C17H19N2O.Y/c1-17(16(20)19-2)8-14-6-12-4-3-11(10-18)5-13(12)7-15(14)9-17;/h3-7H,1,8-10,18H2,2H3,(H,19,20);/q-1;/p-1. The third-order valence-electron chi connectivity index (χ3n) is 4.17. The second kappa shape index (κ2) is 6.15. The molecule has 1 unspecified atom stereocenters. The minimum Gasteiger partial charge on any atom is -0.658 e.